The maximum atomic E-state index is 12.3. The first-order valence-corrected chi connectivity index (χ1v) is 8.35. The highest BCUT2D eigenvalue weighted by molar-refractivity contribution is 8.00. The van der Waals surface area contributed by atoms with Crippen molar-refractivity contribution in [2.45, 2.75) is 24.0 Å². The van der Waals surface area contributed by atoms with Crippen molar-refractivity contribution in [2.75, 3.05) is 17.7 Å². The Morgan fingerprint density at radius 3 is 2.04 bits per heavy atom. The van der Waals surface area contributed by atoms with Crippen molar-refractivity contribution in [3.8, 4) is 5.75 Å². The quantitative estimate of drug-likeness (QED) is 0.783. The molecule has 0 spiro atoms. The Hall–Kier alpha value is -2.47. The molecule has 0 unspecified atom stereocenters. The van der Waals surface area contributed by atoms with Gasteiger partial charge in [0, 0.05) is 23.2 Å². The average Bonchev–Trinajstić information content (AvgIpc) is 2.56. The number of rotatable bonds is 6. The van der Waals surface area contributed by atoms with E-state index in [1.54, 1.807) is 31.4 Å². The smallest absolute Gasteiger partial charge is 0.237 e. The first-order chi connectivity index (χ1) is 11.5. The molecule has 0 bridgehead atoms. The first-order valence-electron chi connectivity index (χ1n) is 7.47. The summed E-state index contributed by atoms with van der Waals surface area (Å²) in [4.78, 5) is 24.2. The Labute approximate surface area is 145 Å². The highest BCUT2D eigenvalue weighted by Crippen LogP contribution is 2.26. The third kappa shape index (κ3) is 5.31. The van der Waals surface area contributed by atoms with E-state index in [0.717, 1.165) is 22.0 Å². The van der Waals surface area contributed by atoms with Crippen LogP contribution in [0.2, 0.25) is 0 Å². The highest BCUT2D eigenvalue weighted by Gasteiger charge is 2.14. The maximum absolute atomic E-state index is 12.3. The molecule has 2 amide bonds. The summed E-state index contributed by atoms with van der Waals surface area (Å²) in [7, 11) is 1.60. The van der Waals surface area contributed by atoms with E-state index in [1.165, 1.54) is 18.7 Å². The fraction of sp³-hybridized carbons (Fsp3) is 0.222. The van der Waals surface area contributed by atoms with Gasteiger partial charge in [0.25, 0.3) is 0 Å². The molecule has 6 heteroatoms. The van der Waals surface area contributed by atoms with Crippen molar-refractivity contribution in [1.82, 2.24) is 0 Å². The van der Waals surface area contributed by atoms with Gasteiger partial charge in [0.05, 0.1) is 12.4 Å². The summed E-state index contributed by atoms with van der Waals surface area (Å²) in [6, 6.07) is 14.6. The summed E-state index contributed by atoms with van der Waals surface area (Å²) in [6.07, 6.45) is 0. The van der Waals surface area contributed by atoms with Crippen LogP contribution < -0.4 is 15.4 Å². The third-order valence-electron chi connectivity index (χ3n) is 3.21. The summed E-state index contributed by atoms with van der Waals surface area (Å²) in [5.74, 6) is 0.563. The molecular weight excluding hydrogens is 324 g/mol. The Morgan fingerprint density at radius 1 is 0.958 bits per heavy atom. The molecule has 2 rings (SSSR count). The van der Waals surface area contributed by atoms with E-state index in [1.807, 2.05) is 31.2 Å². The van der Waals surface area contributed by atoms with Crippen LogP contribution in [0.25, 0.3) is 0 Å². The van der Waals surface area contributed by atoms with Crippen molar-refractivity contribution < 1.29 is 14.3 Å². The summed E-state index contributed by atoms with van der Waals surface area (Å²) < 4.78 is 5.09. The molecule has 0 heterocycles. The lowest BCUT2D eigenvalue weighted by atomic mass is 10.3. The van der Waals surface area contributed by atoms with Crippen LogP contribution >= 0.6 is 11.8 Å². The topological polar surface area (TPSA) is 67.4 Å². The second-order valence-corrected chi connectivity index (χ2v) is 6.60. The standard InChI is InChI=1S/C18H20N2O3S/c1-12(18(22)20-15-4-8-16(23-3)9-5-15)24-17-10-6-14(7-11-17)19-13(2)21/h4-12H,1-3H3,(H,19,21)(H,20,22)/t12-/m0/s1. The zero-order valence-electron chi connectivity index (χ0n) is 13.8. The van der Waals surface area contributed by atoms with Crippen molar-refractivity contribution in [1.29, 1.82) is 0 Å². The average molecular weight is 344 g/mol. The Balaban J connectivity index is 1.91. The largest absolute Gasteiger partial charge is 0.497 e. The van der Waals surface area contributed by atoms with Gasteiger partial charge in [-0.2, -0.15) is 0 Å². The van der Waals surface area contributed by atoms with Gasteiger partial charge in [-0.1, -0.05) is 0 Å². The van der Waals surface area contributed by atoms with Crippen LogP contribution in [0.5, 0.6) is 5.75 Å². The molecule has 0 aliphatic carbocycles. The second kappa shape index (κ2) is 8.40. The number of carbonyl (C=O) groups excluding carboxylic acids is 2. The van der Waals surface area contributed by atoms with Gasteiger partial charge < -0.3 is 15.4 Å². The summed E-state index contributed by atoms with van der Waals surface area (Å²) in [5.41, 5.74) is 1.47. The van der Waals surface area contributed by atoms with E-state index in [2.05, 4.69) is 10.6 Å². The molecule has 2 aromatic rings. The van der Waals surface area contributed by atoms with Gasteiger partial charge in [-0.05, 0) is 55.5 Å². The lowest BCUT2D eigenvalue weighted by Gasteiger charge is -2.13. The zero-order valence-corrected chi connectivity index (χ0v) is 14.6. The van der Waals surface area contributed by atoms with Crippen LogP contribution in [-0.4, -0.2) is 24.2 Å². The number of ether oxygens (including phenoxy) is 1. The molecule has 0 saturated heterocycles. The van der Waals surface area contributed by atoms with Gasteiger partial charge in [-0.3, -0.25) is 9.59 Å². The van der Waals surface area contributed by atoms with Crippen LogP contribution in [0.3, 0.4) is 0 Å². The molecule has 0 fully saturated rings. The van der Waals surface area contributed by atoms with E-state index in [4.69, 9.17) is 4.74 Å². The van der Waals surface area contributed by atoms with Crippen LogP contribution in [0.1, 0.15) is 13.8 Å². The number of amides is 2. The van der Waals surface area contributed by atoms with E-state index in [0.29, 0.717) is 0 Å². The number of thioether (sulfide) groups is 1. The molecule has 5 nitrogen and oxygen atoms in total. The summed E-state index contributed by atoms with van der Waals surface area (Å²) >= 11 is 1.46. The van der Waals surface area contributed by atoms with E-state index >= 15 is 0 Å². The van der Waals surface area contributed by atoms with Gasteiger partial charge in [-0.15, -0.1) is 11.8 Å². The van der Waals surface area contributed by atoms with E-state index in [9.17, 15) is 9.59 Å². The second-order valence-electron chi connectivity index (χ2n) is 5.18. The first kappa shape index (κ1) is 17.9. The predicted octanol–water partition coefficient (Wildman–Crippen LogP) is 3.77. The van der Waals surface area contributed by atoms with Crippen LogP contribution in [0, 0.1) is 0 Å². The molecule has 0 aromatic heterocycles. The van der Waals surface area contributed by atoms with Gasteiger partial charge in [0.15, 0.2) is 0 Å². The Bertz CT molecular complexity index is 699. The summed E-state index contributed by atoms with van der Waals surface area (Å²) in [5, 5.41) is 5.34. The molecule has 0 radical (unpaired) electrons. The van der Waals surface area contributed by atoms with Crippen molar-refractivity contribution in [3.63, 3.8) is 0 Å². The number of methoxy groups -OCH3 is 1. The van der Waals surface area contributed by atoms with Crippen LogP contribution in [0.4, 0.5) is 11.4 Å². The number of hydrogen-bond acceptors (Lipinski definition) is 4. The SMILES string of the molecule is COc1ccc(NC(=O)[C@H](C)Sc2ccc(NC(C)=O)cc2)cc1. The molecule has 2 aromatic carbocycles. The number of benzene rings is 2. The van der Waals surface area contributed by atoms with Gasteiger partial charge in [-0.25, -0.2) is 0 Å². The van der Waals surface area contributed by atoms with E-state index < -0.39 is 0 Å². The van der Waals surface area contributed by atoms with Crippen molar-refractivity contribution >= 4 is 35.0 Å². The van der Waals surface area contributed by atoms with E-state index in [-0.39, 0.29) is 17.1 Å². The van der Waals surface area contributed by atoms with Gasteiger partial charge in [0.1, 0.15) is 5.75 Å². The van der Waals surface area contributed by atoms with Gasteiger partial charge in [0.2, 0.25) is 11.8 Å². The number of anilines is 2. The predicted molar refractivity (Wildman–Crippen MR) is 97.7 cm³/mol. The molecule has 0 aliphatic rings. The lowest BCUT2D eigenvalue weighted by molar-refractivity contribution is -0.115. The van der Waals surface area contributed by atoms with Crippen molar-refractivity contribution in [2.24, 2.45) is 0 Å². The molecule has 2 N–H and O–H groups in total. The Kier molecular flexibility index (Phi) is 6.26. The molecular formula is C18H20N2O3S. The minimum Gasteiger partial charge on any atom is -0.497 e. The van der Waals surface area contributed by atoms with Gasteiger partial charge >= 0.3 is 0 Å². The number of nitrogens with one attached hydrogen (secondary N) is 2. The maximum Gasteiger partial charge on any atom is 0.237 e. The number of carbonyl (C=O) groups is 2. The molecule has 126 valence electrons. The number of hydrogen-bond donors (Lipinski definition) is 2. The normalized spacial score (nSPS) is 11.5. The third-order valence-corrected chi connectivity index (χ3v) is 4.33. The minimum absolute atomic E-state index is 0.0731. The zero-order chi connectivity index (χ0) is 17.5. The lowest BCUT2D eigenvalue weighted by Crippen LogP contribution is -2.22. The Morgan fingerprint density at radius 2 is 1.50 bits per heavy atom. The fourth-order valence-corrected chi connectivity index (χ4v) is 2.86. The fourth-order valence-electron chi connectivity index (χ4n) is 2.00. The monoisotopic (exact) mass is 344 g/mol. The molecule has 0 saturated carbocycles. The molecule has 0 aliphatic heterocycles. The van der Waals surface area contributed by atoms with Crippen LogP contribution in [0.15, 0.2) is 53.4 Å². The van der Waals surface area contributed by atoms with Crippen molar-refractivity contribution in [3.05, 3.63) is 48.5 Å². The summed E-state index contributed by atoms with van der Waals surface area (Å²) in [6.45, 7) is 3.32. The highest BCUT2D eigenvalue weighted by atomic mass is 32.2. The molecule has 24 heavy (non-hydrogen) atoms. The van der Waals surface area contributed by atoms with Crippen LogP contribution in [-0.2, 0) is 9.59 Å². The minimum atomic E-state index is -0.251. The molecule has 1 atom stereocenters.